The number of hydrogen-bond acceptors (Lipinski definition) is 3. The van der Waals surface area contributed by atoms with E-state index in [-0.39, 0.29) is 0 Å². The summed E-state index contributed by atoms with van der Waals surface area (Å²) in [6.45, 7) is 3.28. The molecule has 1 saturated heterocycles. The number of piperazine rings is 1. The number of nitrogens with zero attached hydrogens (tertiary/aromatic N) is 1. The van der Waals surface area contributed by atoms with Crippen LogP contribution in [0, 0.1) is 0 Å². The topological polar surface area (TPSA) is 52.6 Å². The Kier molecular flexibility index (Phi) is 3.54. The molecule has 0 spiro atoms. The maximum atomic E-state index is 11.3. The van der Waals surface area contributed by atoms with Crippen molar-refractivity contribution in [2.45, 2.75) is 6.04 Å². The largest absolute Gasteiger partial charge is 0.480 e. The van der Waals surface area contributed by atoms with Crippen LogP contribution < -0.4 is 5.32 Å². The second-order valence-corrected chi connectivity index (χ2v) is 3.94. The van der Waals surface area contributed by atoms with Crippen molar-refractivity contribution in [3.63, 3.8) is 0 Å². The Hall–Kier alpha value is -1.39. The van der Waals surface area contributed by atoms with E-state index < -0.39 is 12.0 Å². The lowest BCUT2D eigenvalue weighted by Crippen LogP contribution is -2.47. The van der Waals surface area contributed by atoms with Crippen molar-refractivity contribution in [1.29, 1.82) is 0 Å². The summed E-state index contributed by atoms with van der Waals surface area (Å²) in [6.07, 6.45) is 0. The van der Waals surface area contributed by atoms with Gasteiger partial charge >= 0.3 is 5.97 Å². The van der Waals surface area contributed by atoms with Crippen LogP contribution in [0.15, 0.2) is 30.3 Å². The van der Waals surface area contributed by atoms with Gasteiger partial charge in [0.1, 0.15) is 6.04 Å². The minimum absolute atomic E-state index is 0.511. The monoisotopic (exact) mass is 220 g/mol. The highest BCUT2D eigenvalue weighted by atomic mass is 16.4. The number of benzene rings is 1. The first-order valence-corrected chi connectivity index (χ1v) is 5.51. The molecule has 0 unspecified atom stereocenters. The van der Waals surface area contributed by atoms with E-state index in [0.717, 1.165) is 31.7 Å². The normalized spacial score (nSPS) is 19.2. The van der Waals surface area contributed by atoms with Crippen LogP contribution in [0.1, 0.15) is 11.6 Å². The van der Waals surface area contributed by atoms with Crippen molar-refractivity contribution in [2.24, 2.45) is 0 Å². The Labute approximate surface area is 94.9 Å². The minimum Gasteiger partial charge on any atom is -0.480 e. The average Bonchev–Trinajstić information content (AvgIpc) is 2.31. The molecule has 0 amide bonds. The zero-order valence-electron chi connectivity index (χ0n) is 9.10. The Morgan fingerprint density at radius 1 is 1.25 bits per heavy atom. The second kappa shape index (κ2) is 5.09. The maximum absolute atomic E-state index is 11.3. The standard InChI is InChI=1S/C12H16N2O2/c15-12(16)11(10-4-2-1-3-5-10)14-8-6-13-7-9-14/h1-5,11,13H,6-9H2,(H,15,16)/t11-/m0/s1. The van der Waals surface area contributed by atoms with Gasteiger partial charge in [0.2, 0.25) is 0 Å². The third-order valence-electron chi connectivity index (χ3n) is 2.87. The zero-order valence-corrected chi connectivity index (χ0v) is 9.10. The van der Waals surface area contributed by atoms with E-state index in [2.05, 4.69) is 5.32 Å². The van der Waals surface area contributed by atoms with E-state index in [0.29, 0.717) is 0 Å². The van der Waals surface area contributed by atoms with Gasteiger partial charge in [-0.15, -0.1) is 0 Å². The van der Waals surface area contributed by atoms with E-state index in [4.69, 9.17) is 0 Å². The Morgan fingerprint density at radius 3 is 2.44 bits per heavy atom. The van der Waals surface area contributed by atoms with Crippen molar-refractivity contribution >= 4 is 5.97 Å². The van der Waals surface area contributed by atoms with Crippen molar-refractivity contribution in [2.75, 3.05) is 26.2 Å². The van der Waals surface area contributed by atoms with Gasteiger partial charge < -0.3 is 10.4 Å². The highest BCUT2D eigenvalue weighted by Crippen LogP contribution is 2.20. The van der Waals surface area contributed by atoms with Gasteiger partial charge in [-0.3, -0.25) is 9.69 Å². The van der Waals surface area contributed by atoms with Crippen molar-refractivity contribution < 1.29 is 9.90 Å². The molecule has 4 heteroatoms. The molecule has 16 heavy (non-hydrogen) atoms. The number of carboxylic acids is 1. The molecule has 0 saturated carbocycles. The Bertz CT molecular complexity index is 347. The fourth-order valence-corrected chi connectivity index (χ4v) is 2.09. The van der Waals surface area contributed by atoms with Crippen LogP contribution in [0.5, 0.6) is 0 Å². The Balaban J connectivity index is 2.20. The second-order valence-electron chi connectivity index (χ2n) is 3.94. The number of nitrogens with one attached hydrogen (secondary N) is 1. The summed E-state index contributed by atoms with van der Waals surface area (Å²) in [4.78, 5) is 13.3. The molecule has 2 rings (SSSR count). The maximum Gasteiger partial charge on any atom is 0.325 e. The van der Waals surface area contributed by atoms with Gasteiger partial charge in [0.15, 0.2) is 0 Å². The predicted molar refractivity (Wildman–Crippen MR) is 61.3 cm³/mol. The summed E-state index contributed by atoms with van der Waals surface area (Å²) in [7, 11) is 0. The first-order chi connectivity index (χ1) is 7.79. The van der Waals surface area contributed by atoms with Crippen LogP contribution in [0.3, 0.4) is 0 Å². The van der Waals surface area contributed by atoms with Gasteiger partial charge in [-0.2, -0.15) is 0 Å². The summed E-state index contributed by atoms with van der Waals surface area (Å²) in [5, 5.41) is 12.5. The highest BCUT2D eigenvalue weighted by Gasteiger charge is 2.27. The molecule has 2 N–H and O–H groups in total. The van der Waals surface area contributed by atoms with Gasteiger partial charge in [-0.05, 0) is 5.56 Å². The number of rotatable bonds is 3. The molecule has 1 heterocycles. The smallest absolute Gasteiger partial charge is 0.325 e. The van der Waals surface area contributed by atoms with E-state index in [1.165, 1.54) is 0 Å². The van der Waals surface area contributed by atoms with E-state index in [1.54, 1.807) is 0 Å². The molecule has 0 aliphatic carbocycles. The van der Waals surface area contributed by atoms with Gasteiger partial charge in [0, 0.05) is 26.2 Å². The van der Waals surface area contributed by atoms with Gasteiger partial charge in [0.25, 0.3) is 0 Å². The molecule has 1 fully saturated rings. The molecule has 1 aromatic carbocycles. The predicted octanol–water partition coefficient (Wildman–Crippen LogP) is 0.718. The number of carboxylic acid groups (broad SMARTS) is 1. The molecular formula is C12H16N2O2. The fraction of sp³-hybridized carbons (Fsp3) is 0.417. The van der Waals surface area contributed by atoms with Crippen LogP contribution >= 0.6 is 0 Å². The van der Waals surface area contributed by atoms with Crippen LogP contribution in [-0.2, 0) is 4.79 Å². The van der Waals surface area contributed by atoms with Gasteiger partial charge in [0.05, 0.1) is 0 Å². The molecule has 1 aliphatic heterocycles. The first-order valence-electron chi connectivity index (χ1n) is 5.51. The molecule has 0 bridgehead atoms. The van der Waals surface area contributed by atoms with Crippen LogP contribution in [0.25, 0.3) is 0 Å². The number of hydrogen-bond donors (Lipinski definition) is 2. The fourth-order valence-electron chi connectivity index (χ4n) is 2.09. The van der Waals surface area contributed by atoms with Crippen LogP contribution in [0.4, 0.5) is 0 Å². The number of aliphatic carboxylic acids is 1. The van der Waals surface area contributed by atoms with E-state index in [9.17, 15) is 9.90 Å². The summed E-state index contributed by atoms with van der Waals surface area (Å²) >= 11 is 0. The lowest BCUT2D eigenvalue weighted by atomic mass is 10.0. The molecule has 1 aromatic rings. The third-order valence-corrected chi connectivity index (χ3v) is 2.87. The summed E-state index contributed by atoms with van der Waals surface area (Å²) in [6, 6.07) is 8.91. The molecule has 86 valence electrons. The Morgan fingerprint density at radius 2 is 1.88 bits per heavy atom. The van der Waals surface area contributed by atoms with E-state index >= 15 is 0 Å². The van der Waals surface area contributed by atoms with Gasteiger partial charge in [-0.25, -0.2) is 0 Å². The lowest BCUT2D eigenvalue weighted by Gasteiger charge is -2.32. The van der Waals surface area contributed by atoms with Crippen molar-refractivity contribution in [3.8, 4) is 0 Å². The van der Waals surface area contributed by atoms with Crippen molar-refractivity contribution in [3.05, 3.63) is 35.9 Å². The number of carbonyl (C=O) groups is 1. The molecule has 4 nitrogen and oxygen atoms in total. The van der Waals surface area contributed by atoms with E-state index in [1.807, 2.05) is 35.2 Å². The molecule has 1 aliphatic rings. The quantitative estimate of drug-likeness (QED) is 0.788. The summed E-state index contributed by atoms with van der Waals surface area (Å²) in [5.41, 5.74) is 0.858. The third kappa shape index (κ3) is 2.40. The molecule has 1 atom stereocenters. The minimum atomic E-state index is -0.770. The van der Waals surface area contributed by atoms with Crippen LogP contribution in [0.2, 0.25) is 0 Å². The zero-order chi connectivity index (χ0) is 11.4. The molecular weight excluding hydrogens is 204 g/mol. The SMILES string of the molecule is O=C(O)[C@H](c1ccccc1)N1CCNCC1. The first kappa shape index (κ1) is 11.1. The molecule has 0 aromatic heterocycles. The summed E-state index contributed by atoms with van der Waals surface area (Å²) in [5.74, 6) is -0.770. The van der Waals surface area contributed by atoms with Crippen LogP contribution in [-0.4, -0.2) is 42.2 Å². The van der Waals surface area contributed by atoms with Gasteiger partial charge in [-0.1, -0.05) is 30.3 Å². The average molecular weight is 220 g/mol. The lowest BCUT2D eigenvalue weighted by molar-refractivity contribution is -0.143. The molecule has 0 radical (unpaired) electrons. The highest BCUT2D eigenvalue weighted by molar-refractivity contribution is 5.75. The summed E-state index contributed by atoms with van der Waals surface area (Å²) < 4.78 is 0. The van der Waals surface area contributed by atoms with Crippen molar-refractivity contribution in [1.82, 2.24) is 10.2 Å².